The van der Waals surface area contributed by atoms with Gasteiger partial charge in [0.25, 0.3) is 0 Å². The molecule has 0 bridgehead atoms. The smallest absolute Gasteiger partial charge is 0.312 e. The molecular formula is C10H17N3O3. The molecule has 0 atom stereocenters. The number of aliphatic hydroxyl groups is 1. The SMILES string of the molecule is Cc1nn(CCC(C)(C)O)c(C)c1[N+](=O)[O-]. The van der Waals surface area contributed by atoms with Crippen molar-refractivity contribution in [3.05, 3.63) is 21.5 Å². The van der Waals surface area contributed by atoms with Crippen LogP contribution in [0.3, 0.4) is 0 Å². The van der Waals surface area contributed by atoms with Gasteiger partial charge in [-0.1, -0.05) is 0 Å². The van der Waals surface area contributed by atoms with Crippen LogP contribution < -0.4 is 0 Å². The van der Waals surface area contributed by atoms with Gasteiger partial charge in [0.2, 0.25) is 0 Å². The van der Waals surface area contributed by atoms with Crippen molar-refractivity contribution in [2.24, 2.45) is 0 Å². The van der Waals surface area contributed by atoms with Crippen molar-refractivity contribution in [1.82, 2.24) is 9.78 Å². The lowest BCUT2D eigenvalue weighted by atomic mass is 10.1. The average Bonchev–Trinajstić information content (AvgIpc) is 2.36. The summed E-state index contributed by atoms with van der Waals surface area (Å²) in [4.78, 5) is 10.3. The maximum absolute atomic E-state index is 10.8. The molecule has 0 radical (unpaired) electrons. The van der Waals surface area contributed by atoms with Gasteiger partial charge in [-0.05, 0) is 34.1 Å². The minimum absolute atomic E-state index is 0.0655. The van der Waals surface area contributed by atoms with Crippen molar-refractivity contribution in [3.8, 4) is 0 Å². The highest BCUT2D eigenvalue weighted by atomic mass is 16.6. The Hall–Kier alpha value is -1.43. The third kappa shape index (κ3) is 2.79. The van der Waals surface area contributed by atoms with E-state index in [9.17, 15) is 15.2 Å². The van der Waals surface area contributed by atoms with E-state index in [1.54, 1.807) is 32.4 Å². The molecule has 0 fully saturated rings. The molecule has 1 rings (SSSR count). The molecule has 0 spiro atoms. The van der Waals surface area contributed by atoms with E-state index >= 15 is 0 Å². The van der Waals surface area contributed by atoms with Crippen LogP contribution in [-0.4, -0.2) is 25.4 Å². The molecule has 6 nitrogen and oxygen atoms in total. The molecule has 0 saturated carbocycles. The maximum atomic E-state index is 10.8. The first-order valence-corrected chi connectivity index (χ1v) is 5.13. The third-order valence-electron chi connectivity index (χ3n) is 2.46. The predicted molar refractivity (Wildman–Crippen MR) is 59.3 cm³/mol. The number of hydrogen-bond acceptors (Lipinski definition) is 4. The van der Waals surface area contributed by atoms with Crippen molar-refractivity contribution in [3.63, 3.8) is 0 Å². The van der Waals surface area contributed by atoms with E-state index in [1.807, 2.05) is 0 Å². The summed E-state index contributed by atoms with van der Waals surface area (Å²) in [6.45, 7) is 7.17. The van der Waals surface area contributed by atoms with Gasteiger partial charge >= 0.3 is 5.69 Å². The molecule has 0 amide bonds. The minimum Gasteiger partial charge on any atom is -0.390 e. The third-order valence-corrected chi connectivity index (χ3v) is 2.46. The highest BCUT2D eigenvalue weighted by molar-refractivity contribution is 5.39. The fourth-order valence-electron chi connectivity index (χ4n) is 1.55. The lowest BCUT2D eigenvalue weighted by molar-refractivity contribution is -0.386. The van der Waals surface area contributed by atoms with Gasteiger partial charge in [0.05, 0.1) is 10.5 Å². The number of hydrogen-bond donors (Lipinski definition) is 1. The van der Waals surface area contributed by atoms with Crippen LogP contribution in [0, 0.1) is 24.0 Å². The largest absolute Gasteiger partial charge is 0.390 e. The predicted octanol–water partition coefficient (Wildman–Crippen LogP) is 1.57. The second-order valence-electron chi connectivity index (χ2n) is 4.56. The lowest BCUT2D eigenvalue weighted by Gasteiger charge is -2.16. The summed E-state index contributed by atoms with van der Waals surface area (Å²) < 4.78 is 1.57. The molecule has 1 aromatic heterocycles. The molecule has 1 heterocycles. The molecule has 0 aliphatic carbocycles. The van der Waals surface area contributed by atoms with Crippen LogP contribution in [0.15, 0.2) is 0 Å². The fourth-order valence-corrected chi connectivity index (χ4v) is 1.55. The maximum Gasteiger partial charge on any atom is 0.312 e. The molecule has 90 valence electrons. The van der Waals surface area contributed by atoms with E-state index in [0.717, 1.165) is 0 Å². The molecule has 6 heteroatoms. The second kappa shape index (κ2) is 4.21. The first-order valence-electron chi connectivity index (χ1n) is 5.13. The Bertz CT molecular complexity index is 404. The number of rotatable bonds is 4. The van der Waals surface area contributed by atoms with Crippen molar-refractivity contribution < 1.29 is 10.0 Å². The van der Waals surface area contributed by atoms with E-state index in [4.69, 9.17) is 0 Å². The van der Waals surface area contributed by atoms with Crippen molar-refractivity contribution in [1.29, 1.82) is 0 Å². The molecule has 1 aromatic rings. The van der Waals surface area contributed by atoms with E-state index in [2.05, 4.69) is 5.10 Å². The van der Waals surface area contributed by atoms with Gasteiger partial charge in [-0.15, -0.1) is 0 Å². The molecule has 1 N–H and O–H groups in total. The van der Waals surface area contributed by atoms with Gasteiger partial charge in [0.15, 0.2) is 0 Å². The molecule has 16 heavy (non-hydrogen) atoms. The molecule has 0 aliphatic heterocycles. The minimum atomic E-state index is -0.791. The Kier molecular flexibility index (Phi) is 3.32. The average molecular weight is 227 g/mol. The standard InChI is InChI=1S/C10H17N3O3/c1-7-9(13(15)16)8(2)12(11-7)6-5-10(3,4)14/h14H,5-6H2,1-4H3. The number of aromatic nitrogens is 2. The zero-order chi connectivity index (χ0) is 12.5. The zero-order valence-corrected chi connectivity index (χ0v) is 10.0. The Morgan fingerprint density at radius 1 is 1.50 bits per heavy atom. The van der Waals surface area contributed by atoms with E-state index in [-0.39, 0.29) is 5.69 Å². The van der Waals surface area contributed by atoms with E-state index in [0.29, 0.717) is 24.4 Å². The van der Waals surface area contributed by atoms with Gasteiger partial charge < -0.3 is 5.11 Å². The van der Waals surface area contributed by atoms with E-state index < -0.39 is 10.5 Å². The Labute approximate surface area is 94.0 Å². The summed E-state index contributed by atoms with van der Waals surface area (Å²) in [5.41, 5.74) is 0.224. The van der Waals surface area contributed by atoms with Crippen LogP contribution >= 0.6 is 0 Å². The summed E-state index contributed by atoms with van der Waals surface area (Å²) in [7, 11) is 0. The molecule has 0 aromatic carbocycles. The fraction of sp³-hybridized carbons (Fsp3) is 0.700. The van der Waals surface area contributed by atoms with Gasteiger partial charge in [-0.25, -0.2) is 0 Å². The van der Waals surface area contributed by atoms with Crippen LogP contribution in [0.4, 0.5) is 5.69 Å². The Morgan fingerprint density at radius 2 is 2.06 bits per heavy atom. The van der Waals surface area contributed by atoms with Crippen molar-refractivity contribution in [2.75, 3.05) is 0 Å². The van der Waals surface area contributed by atoms with Crippen molar-refractivity contribution in [2.45, 2.75) is 46.3 Å². The van der Waals surface area contributed by atoms with Crippen LogP contribution in [0.2, 0.25) is 0 Å². The Morgan fingerprint density at radius 3 is 2.44 bits per heavy atom. The molecule has 0 saturated heterocycles. The monoisotopic (exact) mass is 227 g/mol. The summed E-state index contributed by atoms with van der Waals surface area (Å²) in [6, 6.07) is 0. The number of nitrogens with zero attached hydrogens (tertiary/aromatic N) is 3. The van der Waals surface area contributed by atoms with Crippen LogP contribution in [0.25, 0.3) is 0 Å². The van der Waals surface area contributed by atoms with Gasteiger partial charge in [-0.2, -0.15) is 5.10 Å². The van der Waals surface area contributed by atoms with Crippen LogP contribution in [0.1, 0.15) is 31.7 Å². The van der Waals surface area contributed by atoms with Gasteiger partial charge in [0, 0.05) is 6.54 Å². The summed E-state index contributed by atoms with van der Waals surface area (Å²) in [5, 5.41) is 24.4. The normalized spacial score (nSPS) is 11.8. The molecular weight excluding hydrogens is 210 g/mol. The zero-order valence-electron chi connectivity index (χ0n) is 10.0. The summed E-state index contributed by atoms with van der Waals surface area (Å²) in [6.07, 6.45) is 0.506. The van der Waals surface area contributed by atoms with Crippen molar-refractivity contribution >= 4 is 5.69 Å². The highest BCUT2D eigenvalue weighted by Crippen LogP contribution is 2.22. The highest BCUT2D eigenvalue weighted by Gasteiger charge is 2.22. The first kappa shape index (κ1) is 12.6. The molecule has 0 aliphatic rings. The topological polar surface area (TPSA) is 81.2 Å². The van der Waals surface area contributed by atoms with Crippen LogP contribution in [0.5, 0.6) is 0 Å². The summed E-state index contributed by atoms with van der Waals surface area (Å²) >= 11 is 0. The Balaban J connectivity index is 2.91. The number of nitro groups is 1. The summed E-state index contributed by atoms with van der Waals surface area (Å²) in [5.74, 6) is 0. The number of aryl methyl sites for hydroxylation is 2. The second-order valence-corrected chi connectivity index (χ2v) is 4.56. The quantitative estimate of drug-likeness (QED) is 0.625. The van der Waals surface area contributed by atoms with Gasteiger partial charge in [0.1, 0.15) is 11.4 Å². The lowest BCUT2D eigenvalue weighted by Crippen LogP contribution is -2.21. The van der Waals surface area contributed by atoms with E-state index in [1.165, 1.54) is 0 Å². The first-order chi connectivity index (χ1) is 7.22. The van der Waals surface area contributed by atoms with Crippen LogP contribution in [-0.2, 0) is 6.54 Å². The molecule has 0 unspecified atom stereocenters. The van der Waals surface area contributed by atoms with Gasteiger partial charge in [-0.3, -0.25) is 14.8 Å².